The Hall–Kier alpha value is -10.5. The second kappa shape index (κ2) is 47.1. The number of nitrogens with two attached hydrogens (primary N) is 1. The molecule has 616 valence electrons. The first-order chi connectivity index (χ1) is 58.8. The number of para-hydroxylation sites is 5. The molecule has 0 spiro atoms. The minimum atomic E-state index is -1.00. The summed E-state index contributed by atoms with van der Waals surface area (Å²) < 4.78 is 33.5. The van der Waals surface area contributed by atoms with Crippen LogP contribution in [0.5, 0.6) is 0 Å². The van der Waals surface area contributed by atoms with Crippen LogP contribution >= 0.6 is 111 Å². The number of nitrogen functional groups attached to an aromatic ring is 1. The molecule has 3 heterocycles. The van der Waals surface area contributed by atoms with Crippen molar-refractivity contribution in [3.05, 3.63) is 414 Å². The van der Waals surface area contributed by atoms with Crippen molar-refractivity contribution < 1.29 is 18.6 Å². The molecule has 7 N–H and O–H groups in total. The van der Waals surface area contributed by atoms with E-state index in [1.807, 2.05) is 78.9 Å². The Morgan fingerprint density at radius 2 is 0.868 bits per heavy atom. The maximum Gasteiger partial charge on any atom is 0.163 e. The van der Waals surface area contributed by atoms with E-state index < -0.39 is 7.15 Å². The van der Waals surface area contributed by atoms with Crippen molar-refractivity contribution in [1.29, 1.82) is 0 Å². The van der Waals surface area contributed by atoms with Gasteiger partial charge >= 0.3 is 0 Å². The summed E-state index contributed by atoms with van der Waals surface area (Å²) in [4.78, 5) is 18.5. The number of Topliss-reactive ketones (excluding diaryl/α,β-unsaturated/α-hetero) is 1. The smallest absolute Gasteiger partial charge is 0.163 e. The molecule has 16 aromatic carbocycles. The lowest BCUT2D eigenvalue weighted by Gasteiger charge is -2.16. The van der Waals surface area contributed by atoms with E-state index in [1.165, 1.54) is 136 Å². The Bertz CT molecular complexity index is 6440. The fourth-order valence-electron chi connectivity index (χ4n) is 14.6. The predicted molar refractivity (Wildman–Crippen MR) is 548 cm³/mol. The molecular weight excluding hydrogens is 1910 g/mol. The molecule has 19 aromatic rings. The number of alkyl halides is 1. The van der Waals surface area contributed by atoms with Crippen LogP contribution in [-0.2, 0) is 19.3 Å². The molecule has 0 amide bonds. The van der Waals surface area contributed by atoms with Crippen molar-refractivity contribution in [1.82, 2.24) is 14.5 Å². The topological polar surface area (TPSA) is 124 Å². The molecule has 8 nitrogen and oxygen atoms in total. The van der Waals surface area contributed by atoms with Crippen LogP contribution in [0, 0.1) is 3.57 Å². The van der Waals surface area contributed by atoms with Crippen LogP contribution in [0.25, 0.3) is 115 Å². The van der Waals surface area contributed by atoms with Crippen molar-refractivity contribution in [2.24, 2.45) is 5.84 Å². The Morgan fingerprint density at radius 1 is 0.446 bits per heavy atom. The number of hydrazine groups is 1. The maximum absolute atomic E-state index is 11.4. The minimum absolute atomic E-state index is 0. The van der Waals surface area contributed by atoms with E-state index in [1.54, 1.807) is 6.92 Å². The van der Waals surface area contributed by atoms with Gasteiger partial charge in [-0.2, -0.15) is 0 Å². The first-order valence-electron chi connectivity index (χ1n) is 40.2. The summed E-state index contributed by atoms with van der Waals surface area (Å²) in [5.41, 5.74) is 25.6. The second-order valence-electron chi connectivity index (χ2n) is 27.6. The highest BCUT2D eigenvalue weighted by Crippen LogP contribution is 2.41. The zero-order valence-electron chi connectivity index (χ0n) is 68.1. The van der Waals surface area contributed by atoms with E-state index in [0.29, 0.717) is 6.42 Å². The zero-order valence-corrected chi connectivity index (χ0v) is 75.3. The van der Waals surface area contributed by atoms with Crippen LogP contribution in [0.1, 0.15) is 66.0 Å². The van der Waals surface area contributed by atoms with E-state index >= 15 is 0 Å². The molecule has 0 bridgehead atoms. The van der Waals surface area contributed by atoms with Crippen LogP contribution in [0.2, 0.25) is 0 Å². The molecule has 0 atom stereocenters. The van der Waals surface area contributed by atoms with E-state index in [0.717, 1.165) is 66.2 Å². The molecule has 0 radical (unpaired) electrons. The van der Waals surface area contributed by atoms with Gasteiger partial charge in [0, 0.05) is 120 Å². The van der Waals surface area contributed by atoms with E-state index in [9.17, 15) is 9.18 Å². The molecule has 121 heavy (non-hydrogen) atoms. The Balaban J connectivity index is 0.000000181. The van der Waals surface area contributed by atoms with Gasteiger partial charge in [-0.25, -0.2) is 0 Å². The third kappa shape index (κ3) is 24.0. The fourth-order valence-corrected chi connectivity index (χ4v) is 16.5. The van der Waals surface area contributed by atoms with Crippen molar-refractivity contribution in [2.75, 3.05) is 24.5 Å². The lowest BCUT2D eigenvalue weighted by Crippen LogP contribution is -2.10. The first kappa shape index (κ1) is 91.3. The van der Waals surface area contributed by atoms with Gasteiger partial charge in [0.25, 0.3) is 0 Å². The molecule has 0 unspecified atom stereocenters. The summed E-state index contributed by atoms with van der Waals surface area (Å²) in [5, 5.41) is 22.6. The average Bonchev–Trinajstić information content (AvgIpc) is 1.59. The Labute approximate surface area is 773 Å². The van der Waals surface area contributed by atoms with E-state index in [4.69, 9.17) is 15.3 Å². The number of aliphatic hydroxyl groups is 1. The molecule has 21 rings (SSSR count). The summed E-state index contributed by atoms with van der Waals surface area (Å²) in [5.74, 6) is 5.39. The fraction of sp³-hybridized carbons (Fsp3) is 0.0952. The summed E-state index contributed by atoms with van der Waals surface area (Å²) in [7, 11) is -1.00. The van der Waals surface area contributed by atoms with Crippen LogP contribution in [0.3, 0.4) is 0 Å². The molecular formula is C105H98Br4Cl2FIN6O2. The second-order valence-corrected chi connectivity index (χ2v) is 32.5. The monoisotopic (exact) mass is 2010 g/mol. The average molecular weight is 2020 g/mol. The molecule has 3 aromatic heterocycles. The zero-order chi connectivity index (χ0) is 84.1. The van der Waals surface area contributed by atoms with Gasteiger partial charge in [-0.05, 0) is 232 Å². The molecule has 16 heteroatoms. The summed E-state index contributed by atoms with van der Waals surface area (Å²) in [6.45, 7) is 1.93. The summed E-state index contributed by atoms with van der Waals surface area (Å²) in [6.07, 6.45) is 5.04. The number of aryl methyl sites for hydroxylation is 3. The van der Waals surface area contributed by atoms with Crippen LogP contribution < -0.4 is 16.6 Å². The number of fused-ring (bicyclic) bond motifs is 16. The Morgan fingerprint density at radius 3 is 1.40 bits per heavy atom. The normalized spacial score (nSPS) is 11.2. The SMILES string of the molecule is Brc1ccc2c(c1)-c1[nH]c3ccccc3c1CC2.Brc1ccc2ccc3c4ccccc4[nH]c3c2c1.Brc1ccc2ccc3c4ccccc4n(-c4ccccc4)c3c2c1.C.C.CCO.Cl.Cl.Ic1ccccc1.NNc1ccccc1.O=C1CCCc2ccc(Br)cc21.[2H]CF.[2H][2H].c1ccc(-c2ccc(Nc3ccc(-c4ccccc4)cc3)cc2)cc1. The number of carbonyl (C=O) groups excluding carboxylic acids is 1. The van der Waals surface area contributed by atoms with Crippen molar-refractivity contribution in [3.8, 4) is 39.2 Å². The lowest BCUT2D eigenvalue weighted by atomic mass is 9.89. The van der Waals surface area contributed by atoms with Gasteiger partial charge in [-0.3, -0.25) is 15.0 Å². The number of benzene rings is 16. The molecule has 2 aliphatic carbocycles. The maximum atomic E-state index is 11.4. The number of hydrogen-bond donors (Lipinski definition) is 6. The van der Waals surface area contributed by atoms with Gasteiger partial charge in [0.2, 0.25) is 0 Å². The number of aromatic nitrogens is 3. The van der Waals surface area contributed by atoms with Gasteiger partial charge in [-0.15, -0.1) is 24.8 Å². The molecule has 0 fully saturated rings. The van der Waals surface area contributed by atoms with Crippen LogP contribution in [0.4, 0.5) is 21.5 Å². The largest absolute Gasteiger partial charge is 0.397 e. The summed E-state index contributed by atoms with van der Waals surface area (Å²) in [6, 6.07) is 128. The van der Waals surface area contributed by atoms with Crippen molar-refractivity contribution in [2.45, 2.75) is 53.9 Å². The third-order valence-electron chi connectivity index (χ3n) is 20.1. The van der Waals surface area contributed by atoms with Gasteiger partial charge in [0.05, 0.1) is 30.8 Å². The number of carbonyl (C=O) groups is 1. The number of ketones is 1. The van der Waals surface area contributed by atoms with Gasteiger partial charge in [0.1, 0.15) is 0 Å². The van der Waals surface area contributed by atoms with E-state index in [-0.39, 0.29) is 52.1 Å². The number of aromatic amines is 2. The van der Waals surface area contributed by atoms with Crippen LogP contribution in [-0.4, -0.2) is 39.2 Å². The third-order valence-corrected chi connectivity index (χ3v) is 22.7. The number of nitrogens with zero attached hydrogens (tertiary/aromatic N) is 1. The minimum Gasteiger partial charge on any atom is -0.397 e. The van der Waals surface area contributed by atoms with Crippen LogP contribution in [0.15, 0.2) is 388 Å². The van der Waals surface area contributed by atoms with Gasteiger partial charge < -0.3 is 30.4 Å². The van der Waals surface area contributed by atoms with Crippen molar-refractivity contribution in [3.63, 3.8) is 0 Å². The quantitative estimate of drug-likeness (QED) is 0.0562. The Kier molecular flexibility index (Phi) is 35.5. The van der Waals surface area contributed by atoms with E-state index in [2.05, 4.69) is 403 Å². The first-order valence-corrected chi connectivity index (χ1v) is 42.8. The number of rotatable bonds is 6. The predicted octanol–water partition coefficient (Wildman–Crippen LogP) is 32.6. The highest BCUT2D eigenvalue weighted by atomic mass is 127. The highest BCUT2D eigenvalue weighted by molar-refractivity contribution is 14.1. The standard InChI is InChI=1S/C24H19N.C22H14BrN.C16H12BrN.C16H10BrN.C10H9BrO.C6H5I.C6H8N2.C2H6O.CH3F.2CH4.2ClH.H2/c1-3-7-19(8-4-1)21-11-15-23(16-12-21)25-24-17-13-22(14-18-24)20-9-5-2-6-10-20;23-16-12-10-15-11-13-19-18-8-4-5-9-21(18)24(22(19)20(15)14-16)17-6-2-1-3-7-17;2*17-11-7-5-10-6-8-13-12-3-1-2-4-15(12)18-16(13)14(10)9-11;11-8-5-4-7-2-1-3-10(12)9(7)6-8;7-6-4-2-1-3-5-6;7-8-6-4-2-1-3-5-6;1-2-3;1-2;;;;;/h1-18,25H;1-14H;1-5,7,9,18H,6,8H2;1-9,18H;4-6H,1-3H2;1-5H;1-5,8H,7H2;3H,2H2,1H3;1H3;2*1H4;3*1H/i;;;;;;;;1D;;;;;1+1D. The number of anilines is 3. The number of H-pyrrole nitrogens is 2. The lowest BCUT2D eigenvalue weighted by molar-refractivity contribution is 0.0972. The molecule has 0 saturated carbocycles. The van der Waals surface area contributed by atoms with Gasteiger partial charge in [-0.1, -0.05) is 321 Å². The highest BCUT2D eigenvalue weighted by Gasteiger charge is 2.22. The molecule has 0 saturated heterocycles. The number of aliphatic hydroxyl groups excluding tert-OH is 1. The molecule has 2 aliphatic rings. The number of halogens is 8. The molecule has 0 aliphatic heterocycles. The van der Waals surface area contributed by atoms with Crippen molar-refractivity contribution >= 4 is 210 Å². The summed E-state index contributed by atoms with van der Waals surface area (Å²) >= 11 is 16.4. The van der Waals surface area contributed by atoms with Gasteiger partial charge in [0.15, 0.2) is 5.78 Å². The number of hydrogen-bond acceptors (Lipinski definition) is 5. The number of nitrogens with one attached hydrogen (secondary N) is 4.